The number of nitrogens with one attached hydrogen (secondary N) is 1. The van der Waals surface area contributed by atoms with Gasteiger partial charge in [-0.1, -0.05) is 73.4 Å². The van der Waals surface area contributed by atoms with E-state index in [9.17, 15) is 18.0 Å². The summed E-state index contributed by atoms with van der Waals surface area (Å²) in [4.78, 5) is 28.8. The summed E-state index contributed by atoms with van der Waals surface area (Å²) < 4.78 is 29.1. The number of nitrogens with zero attached hydrogens (tertiary/aromatic N) is 2. The Balaban J connectivity index is 2.12. The molecule has 0 aliphatic heterocycles. The van der Waals surface area contributed by atoms with Crippen molar-refractivity contribution in [3.8, 4) is 0 Å². The maximum Gasteiger partial charge on any atom is 0.264 e. The zero-order chi connectivity index (χ0) is 29.4. The van der Waals surface area contributed by atoms with E-state index in [2.05, 4.69) is 5.32 Å². The minimum atomic E-state index is -4.14. The second-order valence-corrected chi connectivity index (χ2v) is 12.2. The molecule has 3 aromatic rings. The van der Waals surface area contributed by atoms with E-state index < -0.39 is 28.5 Å². The monoisotopic (exact) mass is 603 g/mol. The van der Waals surface area contributed by atoms with Crippen LogP contribution in [0.3, 0.4) is 0 Å². The van der Waals surface area contributed by atoms with E-state index in [0.29, 0.717) is 39.8 Å². The fourth-order valence-corrected chi connectivity index (χ4v) is 6.37. The van der Waals surface area contributed by atoms with E-state index in [0.717, 1.165) is 16.3 Å². The van der Waals surface area contributed by atoms with Crippen molar-refractivity contribution in [2.45, 2.75) is 58.0 Å². The molecule has 3 aromatic carbocycles. The topological polar surface area (TPSA) is 86.8 Å². The number of hydrogen-bond donors (Lipinski definition) is 1. The Bertz CT molecular complexity index is 1430. The van der Waals surface area contributed by atoms with Crippen LogP contribution in [0.15, 0.2) is 71.6 Å². The van der Waals surface area contributed by atoms with Gasteiger partial charge in [0.2, 0.25) is 11.8 Å². The average molecular weight is 605 g/mol. The summed E-state index contributed by atoms with van der Waals surface area (Å²) in [7, 11) is -4.14. The van der Waals surface area contributed by atoms with Crippen LogP contribution in [0.4, 0.5) is 5.69 Å². The predicted octanol–water partition coefficient (Wildman–Crippen LogP) is 6.14. The number of halogens is 2. The van der Waals surface area contributed by atoms with Crippen LogP contribution < -0.4 is 9.62 Å². The quantitative estimate of drug-likeness (QED) is 0.269. The first-order valence-electron chi connectivity index (χ1n) is 13.2. The zero-order valence-electron chi connectivity index (χ0n) is 23.2. The highest BCUT2D eigenvalue weighted by Gasteiger charge is 2.34. The molecule has 40 heavy (non-hydrogen) atoms. The van der Waals surface area contributed by atoms with Crippen molar-refractivity contribution in [3.63, 3.8) is 0 Å². The first-order valence-corrected chi connectivity index (χ1v) is 15.4. The Hall–Kier alpha value is -3.07. The van der Waals surface area contributed by atoms with Crippen molar-refractivity contribution >= 4 is 50.7 Å². The van der Waals surface area contributed by atoms with Crippen molar-refractivity contribution in [2.75, 3.05) is 17.4 Å². The molecule has 0 fully saturated rings. The highest BCUT2D eigenvalue weighted by molar-refractivity contribution is 7.92. The first kappa shape index (κ1) is 31.5. The molecule has 1 N–H and O–H groups in total. The minimum absolute atomic E-state index is 0.0529. The van der Waals surface area contributed by atoms with Crippen LogP contribution in [-0.2, 0) is 26.2 Å². The summed E-state index contributed by atoms with van der Waals surface area (Å²) in [5.41, 5.74) is 2.39. The number of anilines is 1. The van der Waals surface area contributed by atoms with E-state index in [1.54, 1.807) is 56.3 Å². The number of rotatable bonds is 12. The van der Waals surface area contributed by atoms with E-state index in [-0.39, 0.29) is 17.3 Å². The Morgan fingerprint density at radius 1 is 0.925 bits per heavy atom. The largest absolute Gasteiger partial charge is 0.354 e. The zero-order valence-corrected chi connectivity index (χ0v) is 25.5. The lowest BCUT2D eigenvalue weighted by molar-refractivity contribution is -0.140. The fraction of sp³-hybridized carbons (Fsp3) is 0.333. The van der Waals surface area contributed by atoms with Crippen LogP contribution >= 0.6 is 23.2 Å². The molecular formula is C30H35Cl2N3O4S. The molecule has 0 saturated heterocycles. The molecule has 1 atom stereocenters. The number of benzene rings is 3. The van der Waals surface area contributed by atoms with Crippen molar-refractivity contribution in [3.05, 3.63) is 93.5 Å². The van der Waals surface area contributed by atoms with Gasteiger partial charge in [0.15, 0.2) is 0 Å². The van der Waals surface area contributed by atoms with E-state index in [1.807, 2.05) is 26.0 Å². The first-order chi connectivity index (χ1) is 19.0. The second kappa shape index (κ2) is 14.0. The molecule has 0 aromatic heterocycles. The van der Waals surface area contributed by atoms with Crippen LogP contribution in [0, 0.1) is 13.8 Å². The van der Waals surface area contributed by atoms with Gasteiger partial charge in [0, 0.05) is 28.7 Å². The third-order valence-electron chi connectivity index (χ3n) is 6.57. The molecule has 10 heteroatoms. The number of aryl methyl sites for hydroxylation is 2. The average Bonchev–Trinajstić information content (AvgIpc) is 2.93. The Labute approximate surface area is 247 Å². The number of sulfonamides is 1. The molecule has 0 bridgehead atoms. The summed E-state index contributed by atoms with van der Waals surface area (Å²) in [6, 6.07) is 17.6. The molecule has 2 amide bonds. The summed E-state index contributed by atoms with van der Waals surface area (Å²) in [6.45, 7) is 7.23. The highest BCUT2D eigenvalue weighted by Crippen LogP contribution is 2.30. The standard InChI is InChI=1S/C30H35Cl2N3O4S/c1-5-17-33-30(37)27(6-2)34(19-24-25(31)13-10-14-26(24)32)29(36)20-35(28-18-21(3)15-16-22(28)4)40(38,39)23-11-8-7-9-12-23/h7-16,18,27H,5-6,17,19-20H2,1-4H3,(H,33,37). The van der Waals surface area contributed by atoms with Gasteiger partial charge in [-0.05, 0) is 68.1 Å². The molecule has 214 valence electrons. The smallest absolute Gasteiger partial charge is 0.264 e. The Morgan fingerprint density at radius 3 is 2.17 bits per heavy atom. The van der Waals surface area contributed by atoms with Gasteiger partial charge in [-0.25, -0.2) is 8.42 Å². The SMILES string of the molecule is CCCNC(=O)C(CC)N(Cc1c(Cl)cccc1Cl)C(=O)CN(c1cc(C)ccc1C)S(=O)(=O)c1ccccc1. The van der Waals surface area contributed by atoms with Gasteiger partial charge in [0.05, 0.1) is 10.6 Å². The van der Waals surface area contributed by atoms with Gasteiger partial charge in [-0.2, -0.15) is 0 Å². The summed E-state index contributed by atoms with van der Waals surface area (Å²) >= 11 is 12.9. The number of amides is 2. The molecule has 0 aliphatic rings. The maximum atomic E-state index is 14.2. The summed E-state index contributed by atoms with van der Waals surface area (Å²) in [6.07, 6.45) is 1.03. The van der Waals surface area contributed by atoms with Crippen LogP contribution in [-0.4, -0.2) is 44.3 Å². The lowest BCUT2D eigenvalue weighted by Crippen LogP contribution is -2.52. The van der Waals surface area contributed by atoms with E-state index in [1.165, 1.54) is 17.0 Å². The van der Waals surface area contributed by atoms with Crippen molar-refractivity contribution in [1.29, 1.82) is 0 Å². The van der Waals surface area contributed by atoms with Gasteiger partial charge in [-0.15, -0.1) is 0 Å². The van der Waals surface area contributed by atoms with E-state index in [4.69, 9.17) is 23.2 Å². The normalized spacial score (nSPS) is 12.1. The second-order valence-electron chi connectivity index (χ2n) is 9.55. The van der Waals surface area contributed by atoms with E-state index >= 15 is 0 Å². The van der Waals surface area contributed by atoms with Gasteiger partial charge in [0.1, 0.15) is 12.6 Å². The van der Waals surface area contributed by atoms with Crippen molar-refractivity contribution < 1.29 is 18.0 Å². The van der Waals surface area contributed by atoms with Gasteiger partial charge in [-0.3, -0.25) is 13.9 Å². The molecule has 0 saturated carbocycles. The van der Waals surface area contributed by atoms with Gasteiger partial charge in [0.25, 0.3) is 10.0 Å². The lowest BCUT2D eigenvalue weighted by Gasteiger charge is -2.34. The number of carbonyl (C=O) groups is 2. The molecule has 0 radical (unpaired) electrons. The molecule has 7 nitrogen and oxygen atoms in total. The Kier molecular flexibility index (Phi) is 11.0. The fourth-order valence-electron chi connectivity index (χ4n) is 4.36. The molecule has 0 spiro atoms. The summed E-state index contributed by atoms with van der Waals surface area (Å²) in [5.74, 6) is -0.889. The number of carbonyl (C=O) groups excluding carboxylic acids is 2. The molecular weight excluding hydrogens is 569 g/mol. The number of hydrogen-bond acceptors (Lipinski definition) is 4. The van der Waals surface area contributed by atoms with Crippen molar-refractivity contribution in [2.24, 2.45) is 0 Å². The van der Waals surface area contributed by atoms with Crippen LogP contribution in [0.1, 0.15) is 43.4 Å². The van der Waals surface area contributed by atoms with Crippen LogP contribution in [0.5, 0.6) is 0 Å². The van der Waals surface area contributed by atoms with Crippen LogP contribution in [0.2, 0.25) is 10.0 Å². The molecule has 0 heterocycles. The maximum absolute atomic E-state index is 14.2. The van der Waals surface area contributed by atoms with Gasteiger partial charge < -0.3 is 10.2 Å². The molecule has 1 unspecified atom stereocenters. The van der Waals surface area contributed by atoms with Crippen LogP contribution in [0.25, 0.3) is 0 Å². The lowest BCUT2D eigenvalue weighted by atomic mass is 10.1. The molecule has 3 rings (SSSR count). The highest BCUT2D eigenvalue weighted by atomic mass is 35.5. The van der Waals surface area contributed by atoms with Crippen molar-refractivity contribution in [1.82, 2.24) is 10.2 Å². The third kappa shape index (κ3) is 7.36. The molecule has 0 aliphatic carbocycles. The Morgan fingerprint density at radius 2 is 1.57 bits per heavy atom. The predicted molar refractivity (Wildman–Crippen MR) is 161 cm³/mol. The third-order valence-corrected chi connectivity index (χ3v) is 9.05. The van der Waals surface area contributed by atoms with Gasteiger partial charge >= 0.3 is 0 Å². The summed E-state index contributed by atoms with van der Waals surface area (Å²) in [5, 5.41) is 3.55. The minimum Gasteiger partial charge on any atom is -0.354 e.